The summed E-state index contributed by atoms with van der Waals surface area (Å²) in [7, 11) is 0. The van der Waals surface area contributed by atoms with Gasteiger partial charge in [-0.1, -0.05) is 70.0 Å². The summed E-state index contributed by atoms with van der Waals surface area (Å²) in [6.45, 7) is 0. The quantitative estimate of drug-likeness (QED) is 0.369. The Kier molecular flexibility index (Phi) is 6.65. The molecule has 0 aliphatic carbocycles. The Balaban J connectivity index is 1.92. The molecule has 0 bridgehead atoms. The first-order valence-corrected chi connectivity index (χ1v) is 9.74. The molecule has 0 saturated heterocycles. The number of nitrogens with zero attached hydrogens (tertiary/aromatic N) is 1. The molecule has 0 radical (unpaired) electrons. The van der Waals surface area contributed by atoms with Gasteiger partial charge in [0.2, 0.25) is 0 Å². The summed E-state index contributed by atoms with van der Waals surface area (Å²) in [5, 5.41) is 12.9. The molecular formula is C23H16BrClN2O. The molecule has 28 heavy (non-hydrogen) atoms. The van der Waals surface area contributed by atoms with Crippen molar-refractivity contribution >= 4 is 45.2 Å². The molecule has 3 aromatic rings. The van der Waals surface area contributed by atoms with Crippen LogP contribution in [0.15, 0.2) is 82.8 Å². The Morgan fingerprint density at radius 3 is 2.46 bits per heavy atom. The monoisotopic (exact) mass is 450 g/mol. The van der Waals surface area contributed by atoms with Gasteiger partial charge in [0, 0.05) is 15.2 Å². The van der Waals surface area contributed by atoms with Crippen LogP contribution in [0.5, 0.6) is 0 Å². The maximum atomic E-state index is 12.5. The molecule has 5 heteroatoms. The fraction of sp³-hybridized carbons (Fsp3) is 0.0435. The first-order valence-electron chi connectivity index (χ1n) is 8.57. The number of halogens is 2. The summed E-state index contributed by atoms with van der Waals surface area (Å²) in [6, 6.07) is 24.5. The molecule has 3 aromatic carbocycles. The van der Waals surface area contributed by atoms with Crippen molar-refractivity contribution in [2.45, 2.75) is 6.42 Å². The van der Waals surface area contributed by atoms with Gasteiger partial charge in [-0.15, -0.1) is 0 Å². The van der Waals surface area contributed by atoms with Gasteiger partial charge < -0.3 is 5.32 Å². The SMILES string of the molecule is N#C/C(=C\c1cc(Br)ccc1Cc1ccccc1Cl)C(=O)Nc1ccccc1. The van der Waals surface area contributed by atoms with E-state index in [2.05, 4.69) is 21.2 Å². The number of carbonyl (C=O) groups is 1. The van der Waals surface area contributed by atoms with E-state index in [1.165, 1.54) is 0 Å². The molecule has 3 rings (SSSR count). The highest BCUT2D eigenvalue weighted by Gasteiger charge is 2.12. The predicted molar refractivity (Wildman–Crippen MR) is 117 cm³/mol. The summed E-state index contributed by atoms with van der Waals surface area (Å²) < 4.78 is 0.863. The van der Waals surface area contributed by atoms with Gasteiger partial charge in [-0.05, 0) is 59.5 Å². The topological polar surface area (TPSA) is 52.9 Å². The first-order chi connectivity index (χ1) is 13.6. The largest absolute Gasteiger partial charge is 0.321 e. The molecule has 0 aromatic heterocycles. The standard InChI is InChI=1S/C23H16BrClN2O/c24-20-11-10-16(12-17-6-4-5-9-22(17)25)18(14-20)13-19(15-26)23(28)27-21-7-2-1-3-8-21/h1-11,13-14H,12H2,(H,27,28)/b19-13+. The maximum Gasteiger partial charge on any atom is 0.266 e. The second kappa shape index (κ2) is 9.36. The van der Waals surface area contributed by atoms with Gasteiger partial charge in [-0.2, -0.15) is 5.26 Å². The fourth-order valence-corrected chi connectivity index (χ4v) is 3.31. The Morgan fingerprint density at radius 2 is 1.75 bits per heavy atom. The van der Waals surface area contributed by atoms with Crippen LogP contribution >= 0.6 is 27.5 Å². The zero-order valence-electron chi connectivity index (χ0n) is 14.8. The fourth-order valence-electron chi connectivity index (χ4n) is 2.73. The van der Waals surface area contributed by atoms with Crippen LogP contribution in [0.4, 0.5) is 5.69 Å². The number of nitriles is 1. The summed E-state index contributed by atoms with van der Waals surface area (Å²) in [5.41, 5.74) is 3.40. The maximum absolute atomic E-state index is 12.5. The van der Waals surface area contributed by atoms with E-state index >= 15 is 0 Å². The lowest BCUT2D eigenvalue weighted by Gasteiger charge is -2.10. The van der Waals surface area contributed by atoms with Gasteiger partial charge in [0.05, 0.1) is 0 Å². The summed E-state index contributed by atoms with van der Waals surface area (Å²) in [6.07, 6.45) is 2.20. The van der Waals surface area contributed by atoms with Crippen LogP contribution in [-0.2, 0) is 11.2 Å². The van der Waals surface area contributed by atoms with Crippen LogP contribution in [0.3, 0.4) is 0 Å². The Hall–Kier alpha value is -2.87. The lowest BCUT2D eigenvalue weighted by Crippen LogP contribution is -2.13. The Bertz CT molecular complexity index is 1070. The average molecular weight is 452 g/mol. The van der Waals surface area contributed by atoms with E-state index in [1.54, 1.807) is 18.2 Å². The molecule has 0 fully saturated rings. The molecule has 3 nitrogen and oxygen atoms in total. The van der Waals surface area contributed by atoms with Crippen LogP contribution in [0.2, 0.25) is 5.02 Å². The van der Waals surface area contributed by atoms with Gasteiger partial charge in [0.25, 0.3) is 5.91 Å². The molecule has 0 spiro atoms. The number of benzene rings is 3. The molecule has 0 saturated carbocycles. The third-order valence-electron chi connectivity index (χ3n) is 4.14. The number of anilines is 1. The van der Waals surface area contributed by atoms with Gasteiger partial charge >= 0.3 is 0 Å². The Morgan fingerprint density at radius 1 is 1.04 bits per heavy atom. The molecule has 0 aliphatic rings. The van der Waals surface area contributed by atoms with Crippen LogP contribution in [0.25, 0.3) is 6.08 Å². The molecule has 1 amide bonds. The molecule has 1 N–H and O–H groups in total. The van der Waals surface area contributed by atoms with E-state index in [9.17, 15) is 10.1 Å². The number of hydrogen-bond donors (Lipinski definition) is 1. The molecule has 0 unspecified atom stereocenters. The smallest absolute Gasteiger partial charge is 0.266 e. The van der Waals surface area contributed by atoms with Gasteiger partial charge in [-0.3, -0.25) is 4.79 Å². The summed E-state index contributed by atoms with van der Waals surface area (Å²) in [4.78, 5) is 12.5. The number of hydrogen-bond acceptors (Lipinski definition) is 2. The van der Waals surface area contributed by atoms with Crippen molar-refractivity contribution in [3.63, 3.8) is 0 Å². The van der Waals surface area contributed by atoms with Crippen LogP contribution < -0.4 is 5.32 Å². The first kappa shape index (κ1) is 19.9. The van der Waals surface area contributed by atoms with Crippen molar-refractivity contribution in [3.05, 3.63) is 105 Å². The number of para-hydroxylation sites is 1. The highest BCUT2D eigenvalue weighted by atomic mass is 79.9. The van der Waals surface area contributed by atoms with Crippen molar-refractivity contribution in [3.8, 4) is 6.07 Å². The van der Waals surface area contributed by atoms with Crippen molar-refractivity contribution < 1.29 is 4.79 Å². The predicted octanol–water partition coefficient (Wildman–Crippen LogP) is 6.24. The number of amides is 1. The third-order valence-corrected chi connectivity index (χ3v) is 5.01. The lowest BCUT2D eigenvalue weighted by molar-refractivity contribution is -0.112. The number of rotatable bonds is 5. The lowest BCUT2D eigenvalue weighted by atomic mass is 9.98. The van der Waals surface area contributed by atoms with Crippen molar-refractivity contribution in [1.29, 1.82) is 5.26 Å². The van der Waals surface area contributed by atoms with Crippen LogP contribution in [-0.4, -0.2) is 5.91 Å². The van der Waals surface area contributed by atoms with E-state index in [-0.39, 0.29) is 5.57 Å². The average Bonchev–Trinajstić information content (AvgIpc) is 2.70. The molecular weight excluding hydrogens is 436 g/mol. The van der Waals surface area contributed by atoms with Gasteiger partial charge in [-0.25, -0.2) is 0 Å². The van der Waals surface area contributed by atoms with Crippen molar-refractivity contribution in [1.82, 2.24) is 0 Å². The highest BCUT2D eigenvalue weighted by molar-refractivity contribution is 9.10. The van der Waals surface area contributed by atoms with E-state index in [1.807, 2.05) is 66.7 Å². The number of nitrogens with one attached hydrogen (secondary N) is 1. The molecule has 0 aliphatic heterocycles. The summed E-state index contributed by atoms with van der Waals surface area (Å²) in [5.74, 6) is -0.447. The second-order valence-corrected chi connectivity index (χ2v) is 7.42. The van der Waals surface area contributed by atoms with E-state index in [4.69, 9.17) is 11.6 Å². The Labute approximate surface area is 177 Å². The van der Waals surface area contributed by atoms with E-state index in [0.29, 0.717) is 17.1 Å². The van der Waals surface area contributed by atoms with E-state index in [0.717, 1.165) is 21.2 Å². The minimum absolute atomic E-state index is 0.0300. The van der Waals surface area contributed by atoms with Gasteiger partial charge in [0.15, 0.2) is 0 Å². The molecule has 0 atom stereocenters. The molecule has 138 valence electrons. The highest BCUT2D eigenvalue weighted by Crippen LogP contribution is 2.25. The minimum Gasteiger partial charge on any atom is -0.321 e. The molecule has 0 heterocycles. The minimum atomic E-state index is -0.447. The van der Waals surface area contributed by atoms with E-state index < -0.39 is 5.91 Å². The van der Waals surface area contributed by atoms with Gasteiger partial charge in [0.1, 0.15) is 11.6 Å². The zero-order chi connectivity index (χ0) is 19.9. The zero-order valence-corrected chi connectivity index (χ0v) is 17.2. The summed E-state index contributed by atoms with van der Waals surface area (Å²) >= 11 is 9.75. The third kappa shape index (κ3) is 5.10. The van der Waals surface area contributed by atoms with Crippen molar-refractivity contribution in [2.24, 2.45) is 0 Å². The number of carbonyl (C=O) groups excluding carboxylic acids is 1. The van der Waals surface area contributed by atoms with Crippen LogP contribution in [0.1, 0.15) is 16.7 Å². The van der Waals surface area contributed by atoms with Crippen LogP contribution in [0, 0.1) is 11.3 Å². The van der Waals surface area contributed by atoms with Crippen molar-refractivity contribution in [2.75, 3.05) is 5.32 Å². The normalized spacial score (nSPS) is 11.0. The second-order valence-electron chi connectivity index (χ2n) is 6.10.